The number of hydrogen-bond acceptors (Lipinski definition) is 8. The standard InChI is InChI=1S/C8H5N2OP.C7H9N3O3P.C2H5NO2.V.W/c11-5-12-8-9-6-3-1-2-4-7(6)10-8;1-13-7(12)10-4-5(11)14-6-8-2-3-9-6;1-5-2(3)4;;/h1,3-4,12H,(H,9,10);2,14H,4H2,1H3,(H,8,9)(H,10,12);1H3,(H2,3,4);;/q-2;-1;;2*+2/p-1. The van der Waals surface area contributed by atoms with Crippen LogP contribution in [0.4, 0.5) is 9.59 Å². The van der Waals surface area contributed by atoms with Gasteiger partial charge in [0.1, 0.15) is 0 Å². The molecule has 3 rings (SSSR count). The topological polar surface area (TPSA) is 180 Å². The van der Waals surface area contributed by atoms with Crippen LogP contribution in [0, 0.1) is 12.3 Å². The number of benzene rings is 1. The number of rotatable bonds is 6. The fraction of sp³-hybridized carbons (Fsp3) is 0.176. The van der Waals surface area contributed by atoms with Crippen LogP contribution in [-0.2, 0) is 58.7 Å². The SMILES string of the molecule is COC(=O)NCC(=O)Pc1n[c-]c[nH]1.COC([NH-])=O.O=[C-]Pc1nc2c[c-]ccc2[nH]1.[V+2].[W+2]. The number of alkyl carbamates (subject to hydrolysis) is 1. The molecule has 173 valence electrons. The summed E-state index contributed by atoms with van der Waals surface area (Å²) in [5, 5.41) is 2.29. The largest absolute Gasteiger partial charge is 2.00 e. The predicted molar refractivity (Wildman–Crippen MR) is 116 cm³/mol. The number of amides is 2. The van der Waals surface area contributed by atoms with Crippen LogP contribution in [0.2, 0.25) is 0 Å². The van der Waals surface area contributed by atoms with Gasteiger partial charge in [0, 0.05) is 0 Å². The Labute approximate surface area is 219 Å². The summed E-state index contributed by atoms with van der Waals surface area (Å²) in [6.45, 7) is -0.0498. The minimum Gasteiger partial charge on any atom is -0.632 e. The van der Waals surface area contributed by atoms with Gasteiger partial charge < -0.3 is 40.3 Å². The molecule has 4 N–H and O–H groups in total. The van der Waals surface area contributed by atoms with Crippen molar-refractivity contribution in [3.05, 3.63) is 42.4 Å². The molecule has 0 aliphatic heterocycles. The Morgan fingerprint density at radius 3 is 2.48 bits per heavy atom. The molecule has 2 aromatic heterocycles. The van der Waals surface area contributed by atoms with Crippen LogP contribution >= 0.6 is 17.2 Å². The number of nitrogens with one attached hydrogen (secondary N) is 4. The number of H-pyrrole nitrogens is 2. The molecule has 2 unspecified atom stereocenters. The van der Waals surface area contributed by atoms with E-state index in [2.05, 4.69) is 47.0 Å². The van der Waals surface area contributed by atoms with E-state index in [0.717, 1.165) is 18.1 Å². The predicted octanol–water partition coefficient (Wildman–Crippen LogP) is 0.930. The molecule has 1 radical (unpaired) electrons. The zero-order valence-corrected chi connectivity index (χ0v) is 23.5. The van der Waals surface area contributed by atoms with Crippen LogP contribution in [0.15, 0.2) is 24.4 Å². The van der Waals surface area contributed by atoms with Gasteiger partial charge in [-0.2, -0.15) is 20.7 Å². The smallest absolute Gasteiger partial charge is 0.632 e. The molecule has 2 amide bonds. The molecule has 12 nitrogen and oxygen atoms in total. The molecule has 1 aromatic carbocycles. The number of aromatic nitrogens is 4. The van der Waals surface area contributed by atoms with Crippen molar-refractivity contribution in [3.8, 4) is 0 Å². The molecule has 0 aliphatic carbocycles. The first-order chi connectivity index (χ1) is 14.9. The van der Waals surface area contributed by atoms with Crippen LogP contribution in [-0.4, -0.2) is 64.4 Å². The van der Waals surface area contributed by atoms with Crippen molar-refractivity contribution in [2.75, 3.05) is 20.8 Å². The van der Waals surface area contributed by atoms with Crippen molar-refractivity contribution in [2.45, 2.75) is 0 Å². The third kappa shape index (κ3) is 14.6. The van der Waals surface area contributed by atoms with Crippen LogP contribution in [0.3, 0.4) is 0 Å². The molecule has 2 atom stereocenters. The summed E-state index contributed by atoms with van der Waals surface area (Å²) >= 11 is 0. The molecule has 33 heavy (non-hydrogen) atoms. The molecular weight excluding hydrogens is 681 g/mol. The summed E-state index contributed by atoms with van der Waals surface area (Å²) in [5.41, 5.74) is 8.86. The average Bonchev–Trinajstić information content (AvgIpc) is 3.42. The zero-order chi connectivity index (χ0) is 23.1. The van der Waals surface area contributed by atoms with Crippen molar-refractivity contribution in [1.29, 1.82) is 0 Å². The van der Waals surface area contributed by atoms with Gasteiger partial charge in [-0.05, 0) is 16.6 Å². The Balaban J connectivity index is 0. The van der Waals surface area contributed by atoms with E-state index in [-0.39, 0.29) is 68.9 Å². The van der Waals surface area contributed by atoms with Crippen LogP contribution in [0.25, 0.3) is 16.8 Å². The molecule has 0 fully saturated rings. The summed E-state index contributed by atoms with van der Waals surface area (Å²) in [7, 11) is 2.28. The summed E-state index contributed by atoms with van der Waals surface area (Å²) in [6.07, 6.45) is 2.45. The number of carbonyl (C=O) groups excluding carboxylic acids is 4. The maximum absolute atomic E-state index is 11.2. The van der Waals surface area contributed by atoms with E-state index in [4.69, 9.17) is 5.73 Å². The van der Waals surface area contributed by atoms with Gasteiger partial charge in [-0.1, -0.05) is 14.8 Å². The number of nitrogens with zero attached hydrogens (tertiary/aromatic N) is 2. The van der Waals surface area contributed by atoms with Crippen molar-refractivity contribution < 1.29 is 68.3 Å². The van der Waals surface area contributed by atoms with E-state index in [1.807, 2.05) is 12.1 Å². The third-order valence-corrected chi connectivity index (χ3v) is 4.49. The number of hydrogen-bond donors (Lipinski definition) is 3. The Kier molecular flexibility index (Phi) is 19.4. The van der Waals surface area contributed by atoms with Gasteiger partial charge in [-0.25, -0.2) is 10.8 Å². The maximum atomic E-state index is 11.2. The number of fused-ring (bicyclic) bond motifs is 1. The summed E-state index contributed by atoms with van der Waals surface area (Å²) in [6, 6.07) is 10.2. The molecule has 16 heteroatoms. The monoisotopic (exact) mass is 699 g/mol. The minimum atomic E-state index is -0.995. The van der Waals surface area contributed by atoms with Gasteiger partial charge in [0.25, 0.3) is 0 Å². The van der Waals surface area contributed by atoms with Crippen molar-refractivity contribution in [1.82, 2.24) is 25.3 Å². The molecule has 3 aromatic rings. The molecule has 0 bridgehead atoms. The van der Waals surface area contributed by atoms with E-state index in [9.17, 15) is 19.2 Å². The van der Waals surface area contributed by atoms with Gasteiger partial charge in [-0.3, -0.25) is 14.6 Å². The number of methoxy groups -OCH3 is 2. The van der Waals surface area contributed by atoms with E-state index in [0.29, 0.717) is 11.1 Å². The second-order valence-corrected chi connectivity index (χ2v) is 7.23. The average molecular weight is 699 g/mol. The molecule has 0 spiro atoms. The third-order valence-electron chi connectivity index (χ3n) is 2.97. The second kappa shape index (κ2) is 19.4. The summed E-state index contributed by atoms with van der Waals surface area (Å²) in [5.74, 6) is 0. The van der Waals surface area contributed by atoms with Gasteiger partial charge in [-0.15, -0.1) is 18.3 Å². The summed E-state index contributed by atoms with van der Waals surface area (Å²) < 4.78 is 8.08. The van der Waals surface area contributed by atoms with E-state index in [1.165, 1.54) is 13.3 Å². The van der Waals surface area contributed by atoms with E-state index in [1.54, 1.807) is 12.1 Å². The van der Waals surface area contributed by atoms with E-state index >= 15 is 0 Å². The van der Waals surface area contributed by atoms with Gasteiger partial charge >= 0.3 is 45.7 Å². The first kappa shape index (κ1) is 33.1. The zero-order valence-electron chi connectivity index (χ0n) is 17.2. The van der Waals surface area contributed by atoms with Crippen molar-refractivity contribution >= 4 is 63.1 Å². The van der Waals surface area contributed by atoms with Crippen LogP contribution in [0.1, 0.15) is 0 Å². The Hall–Kier alpha value is -2.09. The van der Waals surface area contributed by atoms with Gasteiger partial charge in [0.05, 0.1) is 26.3 Å². The Morgan fingerprint density at radius 2 is 1.97 bits per heavy atom. The van der Waals surface area contributed by atoms with Gasteiger partial charge in [0.15, 0.2) is 5.52 Å². The normalized spacial score (nSPS) is 9.52. The van der Waals surface area contributed by atoms with Crippen molar-refractivity contribution in [3.63, 3.8) is 0 Å². The first-order valence-corrected chi connectivity index (χ1v) is 10.2. The molecule has 0 saturated carbocycles. The molecule has 0 aliphatic rings. The van der Waals surface area contributed by atoms with Crippen LogP contribution < -0.4 is 16.4 Å². The Bertz CT molecular complexity index is 958. The van der Waals surface area contributed by atoms with Gasteiger partial charge in [0.2, 0.25) is 6.09 Å². The first-order valence-electron chi connectivity index (χ1n) is 8.21. The second-order valence-electron chi connectivity index (χ2n) is 5.02. The van der Waals surface area contributed by atoms with Crippen LogP contribution in [0.5, 0.6) is 0 Å². The Morgan fingerprint density at radius 1 is 1.27 bits per heavy atom. The molecule has 0 saturated heterocycles. The molecule has 2 heterocycles. The van der Waals surface area contributed by atoms with Crippen molar-refractivity contribution in [2.24, 2.45) is 0 Å². The minimum absolute atomic E-state index is 0. The quantitative estimate of drug-likeness (QED) is 0.251. The fourth-order valence-corrected chi connectivity index (χ4v) is 2.87. The number of imidazole rings is 2. The molecular formula is C17H18N6O6P2VW. The summed E-state index contributed by atoms with van der Waals surface area (Å²) in [4.78, 5) is 54.8. The number of carbonyl (C=O) groups is 3. The van der Waals surface area contributed by atoms with E-state index < -0.39 is 12.2 Å². The maximum Gasteiger partial charge on any atom is 2.00 e. The fourth-order valence-electron chi connectivity index (χ4n) is 1.70. The number of ether oxygens (including phenoxy) is 2. The number of aromatic amines is 2.